The van der Waals surface area contributed by atoms with Crippen LogP contribution in [0.3, 0.4) is 0 Å². The van der Waals surface area contributed by atoms with Crippen LogP contribution in [0.2, 0.25) is 18.1 Å². The van der Waals surface area contributed by atoms with Crippen LogP contribution < -0.4 is 9.46 Å². The molecule has 0 spiro atoms. The van der Waals surface area contributed by atoms with Crippen molar-refractivity contribution in [1.82, 2.24) is 4.72 Å². The van der Waals surface area contributed by atoms with Crippen molar-refractivity contribution in [3.05, 3.63) is 67.0 Å². The second-order valence-corrected chi connectivity index (χ2v) is 16.2. The third kappa shape index (κ3) is 7.23. The van der Waals surface area contributed by atoms with Crippen molar-refractivity contribution < 1.29 is 31.5 Å². The number of sulfonamides is 1. The van der Waals surface area contributed by atoms with Crippen molar-refractivity contribution in [2.24, 2.45) is 0 Å². The highest BCUT2D eigenvalue weighted by Gasteiger charge is 2.46. The molecule has 2 aromatic rings. The number of halogens is 1. The van der Waals surface area contributed by atoms with Gasteiger partial charge >= 0.3 is 5.97 Å². The molecule has 0 saturated heterocycles. The van der Waals surface area contributed by atoms with Gasteiger partial charge in [-0.15, -0.1) is 6.58 Å². The maximum atomic E-state index is 13.3. The highest BCUT2D eigenvalue weighted by Crippen LogP contribution is 2.37. The first-order valence-corrected chi connectivity index (χ1v) is 15.5. The molecule has 0 aliphatic carbocycles. The number of benzene rings is 2. The number of ether oxygens (including phenoxy) is 2. The van der Waals surface area contributed by atoms with Crippen LogP contribution in [0, 0.1) is 5.82 Å². The number of carbonyl (C=O) groups is 1. The minimum absolute atomic E-state index is 0.0285. The largest absolute Gasteiger partial charge is 0.468 e. The Morgan fingerprint density at radius 3 is 2.03 bits per heavy atom. The van der Waals surface area contributed by atoms with Crippen LogP contribution in [-0.2, 0) is 24.0 Å². The molecule has 0 heterocycles. The van der Waals surface area contributed by atoms with Crippen molar-refractivity contribution in [3.63, 3.8) is 0 Å². The van der Waals surface area contributed by atoms with Crippen molar-refractivity contribution >= 4 is 24.3 Å². The Kier molecular flexibility index (Phi) is 9.04. The van der Waals surface area contributed by atoms with Gasteiger partial charge in [0.25, 0.3) is 0 Å². The van der Waals surface area contributed by atoms with E-state index in [2.05, 4.69) is 11.3 Å². The van der Waals surface area contributed by atoms with Gasteiger partial charge in [-0.2, -0.15) is 4.72 Å². The predicted octanol–water partition coefficient (Wildman–Crippen LogP) is 5.41. The van der Waals surface area contributed by atoms with E-state index in [0.29, 0.717) is 11.5 Å². The number of hydrogen-bond donors (Lipinski definition) is 1. The molecule has 0 radical (unpaired) electrons. The van der Waals surface area contributed by atoms with E-state index >= 15 is 0 Å². The smallest absolute Gasteiger partial charge is 0.329 e. The van der Waals surface area contributed by atoms with E-state index in [9.17, 15) is 17.6 Å². The molecule has 1 N–H and O–H groups in total. The number of esters is 1. The molecule has 0 fully saturated rings. The number of hydrogen-bond acceptors (Lipinski definition) is 6. The zero-order valence-corrected chi connectivity index (χ0v) is 22.9. The lowest BCUT2D eigenvalue weighted by Crippen LogP contribution is -2.60. The molecule has 2 rings (SSSR count). The lowest BCUT2D eigenvalue weighted by molar-refractivity contribution is -0.149. The maximum Gasteiger partial charge on any atom is 0.329 e. The fourth-order valence-corrected chi connectivity index (χ4v) is 5.31. The zero-order chi connectivity index (χ0) is 26.5. The predicted molar refractivity (Wildman–Crippen MR) is 136 cm³/mol. The first-order chi connectivity index (χ1) is 16.2. The van der Waals surface area contributed by atoms with Crippen molar-refractivity contribution in [2.75, 3.05) is 13.7 Å². The van der Waals surface area contributed by atoms with Gasteiger partial charge in [0.1, 0.15) is 17.3 Å². The monoisotopic (exact) mass is 523 g/mol. The Bertz CT molecular complexity index is 1130. The van der Waals surface area contributed by atoms with Crippen molar-refractivity contribution in [3.8, 4) is 11.5 Å². The lowest BCUT2D eigenvalue weighted by Gasteiger charge is -2.40. The number of methoxy groups -OCH3 is 1. The molecular weight excluding hydrogens is 489 g/mol. The van der Waals surface area contributed by atoms with Crippen molar-refractivity contribution in [2.45, 2.75) is 55.8 Å². The van der Waals surface area contributed by atoms with Gasteiger partial charge in [-0.1, -0.05) is 26.8 Å². The topological polar surface area (TPSA) is 90.9 Å². The average molecular weight is 524 g/mol. The van der Waals surface area contributed by atoms with Crippen LogP contribution in [0.4, 0.5) is 4.39 Å². The second-order valence-electron chi connectivity index (χ2n) is 9.75. The van der Waals surface area contributed by atoms with Gasteiger partial charge in [0.05, 0.1) is 18.6 Å². The molecule has 0 amide bonds. The van der Waals surface area contributed by atoms with Gasteiger partial charge in [-0.25, -0.2) is 17.6 Å². The van der Waals surface area contributed by atoms with E-state index in [0.717, 1.165) is 0 Å². The molecule has 0 saturated carbocycles. The third-order valence-electron chi connectivity index (χ3n) is 6.07. The van der Waals surface area contributed by atoms with Gasteiger partial charge in [-0.3, -0.25) is 0 Å². The van der Waals surface area contributed by atoms with Gasteiger partial charge in [0.2, 0.25) is 10.0 Å². The molecule has 0 aliphatic rings. The molecule has 35 heavy (non-hydrogen) atoms. The minimum Gasteiger partial charge on any atom is -0.468 e. The fraction of sp³-hybridized carbons (Fsp3) is 0.400. The first kappa shape index (κ1) is 28.7. The maximum absolute atomic E-state index is 13.3. The highest BCUT2D eigenvalue weighted by atomic mass is 32.2. The zero-order valence-electron chi connectivity index (χ0n) is 21.1. The van der Waals surface area contributed by atoms with Crippen LogP contribution in [0.1, 0.15) is 27.2 Å². The summed E-state index contributed by atoms with van der Waals surface area (Å²) in [7, 11) is -5.29. The average Bonchev–Trinajstić information content (AvgIpc) is 2.78. The first-order valence-electron chi connectivity index (χ1n) is 11.1. The van der Waals surface area contributed by atoms with Crippen molar-refractivity contribution in [1.29, 1.82) is 0 Å². The van der Waals surface area contributed by atoms with E-state index in [1.54, 1.807) is 0 Å². The third-order valence-corrected chi connectivity index (χ3v) is 12.1. The summed E-state index contributed by atoms with van der Waals surface area (Å²) in [5.74, 6) is -0.396. The summed E-state index contributed by atoms with van der Waals surface area (Å²) in [6.45, 7) is 13.7. The van der Waals surface area contributed by atoms with Crippen LogP contribution in [0.5, 0.6) is 11.5 Å². The Balaban J connectivity index is 2.32. The SMILES string of the molecule is C=CCC(CO[Si](C)(C)C(C)(C)C)(NS(=O)(=O)c1ccc(Oc2ccc(F)cc2)cc1)C(=O)OC. The summed E-state index contributed by atoms with van der Waals surface area (Å²) in [5, 5.41) is -0.151. The summed E-state index contributed by atoms with van der Waals surface area (Å²) in [5.41, 5.74) is -1.69. The minimum atomic E-state index is -4.16. The van der Waals surface area contributed by atoms with Crippen LogP contribution >= 0.6 is 0 Å². The van der Waals surface area contributed by atoms with Crippen LogP contribution in [0.15, 0.2) is 66.1 Å². The quantitative estimate of drug-likeness (QED) is 0.241. The normalized spacial score (nSPS) is 14.1. The molecule has 0 bridgehead atoms. The fourth-order valence-electron chi connectivity index (χ4n) is 2.92. The Labute approximate surface area is 208 Å². The molecule has 1 unspecified atom stereocenters. The van der Waals surface area contributed by atoms with Gasteiger partial charge in [0, 0.05) is 0 Å². The summed E-state index contributed by atoms with van der Waals surface area (Å²) in [6.07, 6.45) is 1.42. The molecule has 7 nitrogen and oxygen atoms in total. The molecule has 10 heteroatoms. The summed E-state index contributed by atoms with van der Waals surface area (Å²) in [4.78, 5) is 12.8. The number of nitrogens with one attached hydrogen (secondary N) is 1. The van der Waals surface area contributed by atoms with Crippen LogP contribution in [0.25, 0.3) is 0 Å². The lowest BCUT2D eigenvalue weighted by atomic mass is 9.98. The molecule has 1 atom stereocenters. The number of carbonyl (C=O) groups excluding carboxylic acids is 1. The van der Waals surface area contributed by atoms with E-state index in [1.165, 1.54) is 61.7 Å². The van der Waals surface area contributed by atoms with Gasteiger partial charge in [-0.05, 0) is 73.1 Å². The summed E-state index contributed by atoms with van der Waals surface area (Å²) < 4.78 is 59.0. The Morgan fingerprint density at radius 2 is 1.57 bits per heavy atom. The molecular formula is C25H34FNO6SSi. The van der Waals surface area contributed by atoms with E-state index in [1.807, 2.05) is 33.9 Å². The van der Waals surface area contributed by atoms with Gasteiger partial charge < -0.3 is 13.9 Å². The van der Waals surface area contributed by atoms with Gasteiger partial charge in [0.15, 0.2) is 13.9 Å². The van der Waals surface area contributed by atoms with E-state index < -0.39 is 35.7 Å². The Morgan fingerprint density at radius 1 is 1.06 bits per heavy atom. The highest BCUT2D eigenvalue weighted by molar-refractivity contribution is 7.89. The second kappa shape index (κ2) is 11.0. The standard InChI is InChI=1S/C25H34FNO6SSi/c1-8-17-25(23(28)31-5,18-32-35(6,7)24(2,3)4)27-34(29,30)22-15-13-21(14-16-22)33-20-11-9-19(26)10-12-20/h8-16,27H,1,17-18H2,2-7H3. The van der Waals surface area contributed by atoms with E-state index in [4.69, 9.17) is 13.9 Å². The summed E-state index contributed by atoms with van der Waals surface area (Å²) >= 11 is 0. The molecule has 192 valence electrons. The molecule has 0 aromatic heterocycles. The number of rotatable bonds is 11. The van der Waals surface area contributed by atoms with E-state index in [-0.39, 0.29) is 23.0 Å². The summed E-state index contributed by atoms with van der Waals surface area (Å²) in [6, 6.07) is 11.1. The molecule has 0 aliphatic heterocycles. The van der Waals surface area contributed by atoms with Crippen LogP contribution in [-0.4, -0.2) is 42.0 Å². The Hall–Kier alpha value is -2.53. The molecule has 2 aromatic carbocycles.